The van der Waals surface area contributed by atoms with Crippen LogP contribution in [-0.4, -0.2) is 25.0 Å². The highest BCUT2D eigenvalue weighted by Gasteiger charge is 2.10. The van der Waals surface area contributed by atoms with Crippen LogP contribution in [0.2, 0.25) is 0 Å². The molecule has 0 saturated heterocycles. The third-order valence-corrected chi connectivity index (χ3v) is 4.63. The van der Waals surface area contributed by atoms with Gasteiger partial charge in [-0.25, -0.2) is 0 Å². The molecular weight excluding hydrogens is 448 g/mol. The van der Waals surface area contributed by atoms with E-state index in [9.17, 15) is 9.59 Å². The third kappa shape index (κ3) is 6.09. The van der Waals surface area contributed by atoms with Crippen molar-refractivity contribution in [2.75, 3.05) is 23.8 Å². The number of hydrogen-bond donors (Lipinski definition) is 2. The number of rotatable bonds is 8. The van der Waals surface area contributed by atoms with Crippen molar-refractivity contribution in [3.63, 3.8) is 0 Å². The Morgan fingerprint density at radius 1 is 0.867 bits per heavy atom. The lowest BCUT2D eigenvalue weighted by atomic mass is 10.2. The number of ether oxygens (including phenoxy) is 2. The molecule has 0 radical (unpaired) electrons. The van der Waals surface area contributed by atoms with Gasteiger partial charge in [-0.15, -0.1) is 0 Å². The largest absolute Gasteiger partial charge is 0.493 e. The molecule has 0 bridgehead atoms. The normalized spacial score (nSPS) is 10.2. The van der Waals surface area contributed by atoms with Gasteiger partial charge in [-0.05, 0) is 71.4 Å². The first-order valence-corrected chi connectivity index (χ1v) is 10.2. The number of halogens is 1. The summed E-state index contributed by atoms with van der Waals surface area (Å²) in [5, 5.41) is 5.58. The molecule has 0 heterocycles. The number of para-hydroxylation sites is 1. The molecular formula is C23H21BrN2O4. The molecule has 3 aromatic carbocycles. The van der Waals surface area contributed by atoms with E-state index in [1.807, 2.05) is 25.1 Å². The van der Waals surface area contributed by atoms with Gasteiger partial charge in [0, 0.05) is 16.9 Å². The second-order valence-electron chi connectivity index (χ2n) is 6.26. The van der Waals surface area contributed by atoms with Crippen molar-refractivity contribution in [2.24, 2.45) is 0 Å². The molecule has 2 N–H and O–H groups in total. The molecule has 0 spiro atoms. The highest BCUT2D eigenvalue weighted by Crippen LogP contribution is 2.26. The Hall–Kier alpha value is -3.32. The van der Waals surface area contributed by atoms with Crippen LogP contribution in [0, 0.1) is 0 Å². The van der Waals surface area contributed by atoms with E-state index >= 15 is 0 Å². The lowest BCUT2D eigenvalue weighted by molar-refractivity contribution is -0.118. The minimum absolute atomic E-state index is 0.110. The summed E-state index contributed by atoms with van der Waals surface area (Å²) in [6, 6.07) is 21.2. The highest BCUT2D eigenvalue weighted by molar-refractivity contribution is 9.10. The van der Waals surface area contributed by atoms with E-state index in [4.69, 9.17) is 9.47 Å². The van der Waals surface area contributed by atoms with Crippen molar-refractivity contribution in [3.05, 3.63) is 82.8 Å². The SMILES string of the molecule is CCOc1ccc(C(=O)Nc2cccc(NC(=O)COc3ccccc3)c2)cc1Br. The first kappa shape index (κ1) is 21.4. The lowest BCUT2D eigenvalue weighted by Crippen LogP contribution is -2.20. The highest BCUT2D eigenvalue weighted by atomic mass is 79.9. The molecule has 3 rings (SSSR count). The number of anilines is 2. The monoisotopic (exact) mass is 468 g/mol. The van der Waals surface area contributed by atoms with E-state index in [-0.39, 0.29) is 18.4 Å². The van der Waals surface area contributed by atoms with Gasteiger partial charge in [-0.3, -0.25) is 9.59 Å². The van der Waals surface area contributed by atoms with Gasteiger partial charge in [0.05, 0.1) is 11.1 Å². The Kier molecular flexibility index (Phi) is 7.45. The molecule has 3 aromatic rings. The molecule has 7 heteroatoms. The fourth-order valence-electron chi connectivity index (χ4n) is 2.66. The van der Waals surface area contributed by atoms with E-state index in [1.54, 1.807) is 54.6 Å². The zero-order chi connectivity index (χ0) is 21.3. The van der Waals surface area contributed by atoms with Crippen LogP contribution in [0.5, 0.6) is 11.5 Å². The summed E-state index contributed by atoms with van der Waals surface area (Å²) >= 11 is 3.41. The first-order chi connectivity index (χ1) is 14.5. The first-order valence-electron chi connectivity index (χ1n) is 9.36. The zero-order valence-corrected chi connectivity index (χ0v) is 17.9. The Bertz CT molecular complexity index is 1020. The molecule has 0 aliphatic heterocycles. The van der Waals surface area contributed by atoms with Crippen LogP contribution in [0.4, 0.5) is 11.4 Å². The summed E-state index contributed by atoms with van der Waals surface area (Å²) < 4.78 is 11.6. The molecule has 0 atom stereocenters. The third-order valence-electron chi connectivity index (χ3n) is 4.01. The van der Waals surface area contributed by atoms with Gasteiger partial charge in [0.2, 0.25) is 0 Å². The number of carbonyl (C=O) groups excluding carboxylic acids is 2. The predicted molar refractivity (Wildman–Crippen MR) is 120 cm³/mol. The fourth-order valence-corrected chi connectivity index (χ4v) is 3.15. The lowest BCUT2D eigenvalue weighted by Gasteiger charge is -2.11. The number of hydrogen-bond acceptors (Lipinski definition) is 4. The maximum atomic E-state index is 12.5. The topological polar surface area (TPSA) is 76.7 Å². The summed E-state index contributed by atoms with van der Waals surface area (Å²) in [4.78, 5) is 24.7. The quantitative estimate of drug-likeness (QED) is 0.481. The second-order valence-corrected chi connectivity index (χ2v) is 7.12. The number of nitrogens with one attached hydrogen (secondary N) is 2. The van der Waals surface area contributed by atoms with Crippen molar-refractivity contribution in [1.29, 1.82) is 0 Å². The van der Waals surface area contributed by atoms with Crippen LogP contribution in [0.15, 0.2) is 77.3 Å². The Morgan fingerprint density at radius 2 is 1.60 bits per heavy atom. The molecule has 0 unspecified atom stereocenters. The van der Waals surface area contributed by atoms with Gasteiger partial charge in [0.15, 0.2) is 6.61 Å². The average molecular weight is 469 g/mol. The van der Waals surface area contributed by atoms with Crippen molar-refractivity contribution >= 4 is 39.1 Å². The van der Waals surface area contributed by atoms with Gasteiger partial charge < -0.3 is 20.1 Å². The summed E-state index contributed by atoms with van der Waals surface area (Å²) in [6.07, 6.45) is 0. The fraction of sp³-hybridized carbons (Fsp3) is 0.130. The molecule has 0 aromatic heterocycles. The van der Waals surface area contributed by atoms with Gasteiger partial charge >= 0.3 is 0 Å². The van der Waals surface area contributed by atoms with Crippen molar-refractivity contribution in [1.82, 2.24) is 0 Å². The molecule has 154 valence electrons. The molecule has 0 fully saturated rings. The van der Waals surface area contributed by atoms with E-state index in [2.05, 4.69) is 26.6 Å². The number of carbonyl (C=O) groups is 2. The molecule has 2 amide bonds. The summed E-state index contributed by atoms with van der Waals surface area (Å²) in [5.74, 6) is 0.735. The maximum Gasteiger partial charge on any atom is 0.262 e. The van der Waals surface area contributed by atoms with E-state index in [0.717, 1.165) is 0 Å². The molecule has 30 heavy (non-hydrogen) atoms. The maximum absolute atomic E-state index is 12.5. The van der Waals surface area contributed by atoms with Gasteiger partial charge in [-0.2, -0.15) is 0 Å². The number of amides is 2. The molecule has 6 nitrogen and oxygen atoms in total. The van der Waals surface area contributed by atoms with Crippen LogP contribution in [0.25, 0.3) is 0 Å². The smallest absolute Gasteiger partial charge is 0.262 e. The minimum atomic E-state index is -0.294. The van der Waals surface area contributed by atoms with Crippen molar-refractivity contribution in [3.8, 4) is 11.5 Å². The summed E-state index contributed by atoms with van der Waals surface area (Å²) in [6.45, 7) is 2.33. The van der Waals surface area contributed by atoms with Gasteiger partial charge in [-0.1, -0.05) is 24.3 Å². The Morgan fingerprint density at radius 3 is 2.30 bits per heavy atom. The second kappa shape index (κ2) is 10.5. The van der Waals surface area contributed by atoms with Crippen molar-refractivity contribution in [2.45, 2.75) is 6.92 Å². The standard InChI is InChI=1S/C23H21BrN2O4/c1-2-29-21-12-11-16(13-20(21)24)23(28)26-18-8-6-7-17(14-18)25-22(27)15-30-19-9-4-3-5-10-19/h3-14H,2,15H2,1H3,(H,25,27)(H,26,28). The minimum Gasteiger partial charge on any atom is -0.493 e. The van der Waals surface area contributed by atoms with E-state index < -0.39 is 0 Å². The van der Waals surface area contributed by atoms with Crippen LogP contribution in [0.1, 0.15) is 17.3 Å². The predicted octanol–water partition coefficient (Wildman–Crippen LogP) is 5.12. The van der Waals surface area contributed by atoms with E-state index in [1.165, 1.54) is 0 Å². The van der Waals surface area contributed by atoms with Crippen LogP contribution >= 0.6 is 15.9 Å². The van der Waals surface area contributed by atoms with Crippen LogP contribution < -0.4 is 20.1 Å². The average Bonchev–Trinajstić information content (AvgIpc) is 2.75. The van der Waals surface area contributed by atoms with Crippen LogP contribution in [0.3, 0.4) is 0 Å². The summed E-state index contributed by atoms with van der Waals surface area (Å²) in [5.41, 5.74) is 1.60. The van der Waals surface area contributed by atoms with E-state index in [0.29, 0.717) is 39.5 Å². The zero-order valence-electron chi connectivity index (χ0n) is 16.4. The van der Waals surface area contributed by atoms with Crippen LogP contribution in [-0.2, 0) is 4.79 Å². The van der Waals surface area contributed by atoms with Gasteiger partial charge in [0.25, 0.3) is 11.8 Å². The Balaban J connectivity index is 1.59. The van der Waals surface area contributed by atoms with Gasteiger partial charge in [0.1, 0.15) is 11.5 Å². The molecule has 0 aliphatic rings. The Labute approximate surface area is 183 Å². The summed E-state index contributed by atoms with van der Waals surface area (Å²) in [7, 11) is 0. The molecule has 0 saturated carbocycles. The number of benzene rings is 3. The van der Waals surface area contributed by atoms with Crippen molar-refractivity contribution < 1.29 is 19.1 Å². The molecule has 0 aliphatic carbocycles.